The molecule has 2 aromatic heterocycles. The molecule has 0 N–H and O–H groups in total. The predicted molar refractivity (Wildman–Crippen MR) is 96.0 cm³/mol. The average Bonchev–Trinajstić information content (AvgIpc) is 3.02. The van der Waals surface area contributed by atoms with Crippen molar-refractivity contribution in [3.63, 3.8) is 0 Å². The van der Waals surface area contributed by atoms with Gasteiger partial charge < -0.3 is 14.5 Å². The highest BCUT2D eigenvalue weighted by Crippen LogP contribution is 2.27. The number of fused-ring (bicyclic) bond motifs is 3. The zero-order valence-electron chi connectivity index (χ0n) is 14.5. The largest absolute Gasteiger partial charge is 0.450 e. The van der Waals surface area contributed by atoms with Gasteiger partial charge in [0.25, 0.3) is 0 Å². The number of aromatic nitrogens is 3. The molecule has 25 heavy (non-hydrogen) atoms. The van der Waals surface area contributed by atoms with Crippen LogP contribution in [0.5, 0.6) is 0 Å². The molecule has 1 saturated heterocycles. The van der Waals surface area contributed by atoms with E-state index in [4.69, 9.17) is 9.72 Å². The number of para-hydroxylation sites is 1. The monoisotopic (exact) mass is 339 g/mol. The van der Waals surface area contributed by atoms with Crippen LogP contribution in [0.15, 0.2) is 30.3 Å². The SMILES string of the molecule is CCOC(=O)N1CCN(c2nc3cc(C)nn3c3ccccc23)CC1. The molecule has 3 aromatic rings. The molecular weight excluding hydrogens is 318 g/mol. The number of rotatable bonds is 2. The van der Waals surface area contributed by atoms with Gasteiger partial charge in [0, 0.05) is 37.6 Å². The minimum Gasteiger partial charge on any atom is -0.450 e. The lowest BCUT2D eigenvalue weighted by atomic mass is 10.2. The zero-order chi connectivity index (χ0) is 17.4. The lowest BCUT2D eigenvalue weighted by Gasteiger charge is -2.35. The maximum atomic E-state index is 11.9. The van der Waals surface area contributed by atoms with Gasteiger partial charge in [-0.1, -0.05) is 12.1 Å². The number of anilines is 1. The first-order valence-corrected chi connectivity index (χ1v) is 8.59. The Labute approximate surface area is 145 Å². The molecule has 1 amide bonds. The molecule has 1 aromatic carbocycles. The molecule has 1 fully saturated rings. The smallest absolute Gasteiger partial charge is 0.409 e. The van der Waals surface area contributed by atoms with Crippen LogP contribution < -0.4 is 4.90 Å². The molecular formula is C18H21N5O2. The predicted octanol–water partition coefficient (Wildman–Crippen LogP) is 2.47. The molecule has 0 saturated carbocycles. The Balaban J connectivity index is 1.68. The van der Waals surface area contributed by atoms with Gasteiger partial charge in [-0.3, -0.25) is 0 Å². The van der Waals surface area contributed by atoms with Crippen LogP contribution >= 0.6 is 0 Å². The fourth-order valence-electron chi connectivity index (χ4n) is 3.32. The molecule has 3 heterocycles. The van der Waals surface area contributed by atoms with Gasteiger partial charge in [-0.15, -0.1) is 0 Å². The first-order chi connectivity index (χ1) is 12.2. The van der Waals surface area contributed by atoms with Crippen LogP contribution in [-0.4, -0.2) is 58.4 Å². The molecule has 0 atom stereocenters. The number of amides is 1. The van der Waals surface area contributed by atoms with Gasteiger partial charge >= 0.3 is 6.09 Å². The second-order valence-corrected chi connectivity index (χ2v) is 6.18. The van der Waals surface area contributed by atoms with Crippen molar-refractivity contribution in [2.45, 2.75) is 13.8 Å². The van der Waals surface area contributed by atoms with Crippen LogP contribution in [-0.2, 0) is 4.74 Å². The molecule has 0 aliphatic carbocycles. The Bertz CT molecular complexity index is 928. The number of benzene rings is 1. The summed E-state index contributed by atoms with van der Waals surface area (Å²) in [5.74, 6) is 0.950. The summed E-state index contributed by atoms with van der Waals surface area (Å²) in [6.07, 6.45) is -0.234. The Hall–Kier alpha value is -2.83. The number of hydrogen-bond donors (Lipinski definition) is 0. The molecule has 7 nitrogen and oxygen atoms in total. The van der Waals surface area contributed by atoms with Gasteiger partial charge in [0.15, 0.2) is 5.65 Å². The number of ether oxygens (including phenoxy) is 1. The molecule has 0 unspecified atom stereocenters. The van der Waals surface area contributed by atoms with Crippen LogP contribution in [0, 0.1) is 6.92 Å². The second-order valence-electron chi connectivity index (χ2n) is 6.18. The van der Waals surface area contributed by atoms with E-state index in [1.807, 2.05) is 36.6 Å². The van der Waals surface area contributed by atoms with Crippen molar-refractivity contribution < 1.29 is 9.53 Å². The Morgan fingerprint density at radius 1 is 1.20 bits per heavy atom. The van der Waals surface area contributed by atoms with Crippen molar-refractivity contribution in [2.75, 3.05) is 37.7 Å². The number of carbonyl (C=O) groups is 1. The number of carbonyl (C=O) groups excluding carboxylic acids is 1. The van der Waals surface area contributed by atoms with Crippen molar-refractivity contribution in [2.24, 2.45) is 0 Å². The second kappa shape index (κ2) is 6.23. The summed E-state index contributed by atoms with van der Waals surface area (Å²) in [6, 6.07) is 10.2. The number of nitrogens with zero attached hydrogens (tertiary/aromatic N) is 5. The summed E-state index contributed by atoms with van der Waals surface area (Å²) in [7, 11) is 0. The molecule has 7 heteroatoms. The molecule has 1 aliphatic heterocycles. The standard InChI is InChI=1S/C18H21N5O2/c1-3-25-18(24)22-10-8-21(9-11-22)17-14-6-4-5-7-15(14)23-16(19-17)12-13(2)20-23/h4-7,12H,3,8-11H2,1-2H3. The molecule has 4 rings (SSSR count). The van der Waals surface area contributed by atoms with Gasteiger partial charge in [0.2, 0.25) is 0 Å². The molecule has 130 valence electrons. The van der Waals surface area contributed by atoms with Crippen LogP contribution in [0.3, 0.4) is 0 Å². The van der Waals surface area contributed by atoms with Gasteiger partial charge in [-0.05, 0) is 26.0 Å². The maximum absolute atomic E-state index is 11.9. The third kappa shape index (κ3) is 2.75. The summed E-state index contributed by atoms with van der Waals surface area (Å²) in [6.45, 7) is 6.95. The van der Waals surface area contributed by atoms with Crippen molar-refractivity contribution >= 4 is 28.5 Å². The number of hydrogen-bond acceptors (Lipinski definition) is 5. The number of aryl methyl sites for hydroxylation is 1. The number of piperazine rings is 1. The van der Waals surface area contributed by atoms with E-state index in [-0.39, 0.29) is 6.09 Å². The summed E-state index contributed by atoms with van der Waals surface area (Å²) >= 11 is 0. The van der Waals surface area contributed by atoms with Crippen molar-refractivity contribution in [3.05, 3.63) is 36.0 Å². The maximum Gasteiger partial charge on any atom is 0.409 e. The lowest BCUT2D eigenvalue weighted by molar-refractivity contribution is 0.105. The zero-order valence-corrected chi connectivity index (χ0v) is 14.5. The average molecular weight is 339 g/mol. The Morgan fingerprint density at radius 3 is 2.72 bits per heavy atom. The van der Waals surface area contributed by atoms with Crippen LogP contribution in [0.1, 0.15) is 12.6 Å². The van der Waals surface area contributed by atoms with E-state index in [9.17, 15) is 4.79 Å². The van der Waals surface area contributed by atoms with Gasteiger partial charge in [0.1, 0.15) is 5.82 Å². The van der Waals surface area contributed by atoms with E-state index < -0.39 is 0 Å². The first-order valence-electron chi connectivity index (χ1n) is 8.59. The van der Waals surface area contributed by atoms with Crippen molar-refractivity contribution in [1.82, 2.24) is 19.5 Å². The third-order valence-corrected chi connectivity index (χ3v) is 4.51. The molecule has 0 bridgehead atoms. The fourth-order valence-corrected chi connectivity index (χ4v) is 3.32. The van der Waals surface area contributed by atoms with E-state index in [1.165, 1.54) is 0 Å². The quantitative estimate of drug-likeness (QED) is 0.718. The van der Waals surface area contributed by atoms with Crippen LogP contribution in [0.25, 0.3) is 16.6 Å². The highest BCUT2D eigenvalue weighted by molar-refractivity contribution is 5.91. The fraction of sp³-hybridized carbons (Fsp3) is 0.389. The minimum absolute atomic E-state index is 0.234. The van der Waals surface area contributed by atoms with Gasteiger partial charge in [-0.2, -0.15) is 5.10 Å². The Morgan fingerprint density at radius 2 is 1.96 bits per heavy atom. The molecule has 1 aliphatic rings. The summed E-state index contributed by atoms with van der Waals surface area (Å²) in [5.41, 5.74) is 2.84. The Kier molecular flexibility index (Phi) is 3.91. The van der Waals surface area contributed by atoms with Crippen molar-refractivity contribution in [1.29, 1.82) is 0 Å². The normalized spacial score (nSPS) is 15.1. The summed E-state index contributed by atoms with van der Waals surface area (Å²) in [4.78, 5) is 20.7. The van der Waals surface area contributed by atoms with E-state index in [2.05, 4.69) is 22.1 Å². The summed E-state index contributed by atoms with van der Waals surface area (Å²) < 4.78 is 6.99. The van der Waals surface area contributed by atoms with E-state index in [0.717, 1.165) is 41.2 Å². The highest BCUT2D eigenvalue weighted by atomic mass is 16.6. The van der Waals surface area contributed by atoms with Gasteiger partial charge in [-0.25, -0.2) is 14.3 Å². The van der Waals surface area contributed by atoms with E-state index in [0.29, 0.717) is 19.7 Å². The van der Waals surface area contributed by atoms with Crippen LogP contribution in [0.4, 0.5) is 10.6 Å². The lowest BCUT2D eigenvalue weighted by Crippen LogP contribution is -2.49. The topological polar surface area (TPSA) is 63.0 Å². The molecule has 0 spiro atoms. The first kappa shape index (κ1) is 15.7. The van der Waals surface area contributed by atoms with E-state index >= 15 is 0 Å². The van der Waals surface area contributed by atoms with Crippen molar-refractivity contribution in [3.8, 4) is 0 Å². The highest BCUT2D eigenvalue weighted by Gasteiger charge is 2.24. The third-order valence-electron chi connectivity index (χ3n) is 4.51. The minimum atomic E-state index is -0.234. The van der Waals surface area contributed by atoms with Crippen LogP contribution in [0.2, 0.25) is 0 Å². The molecule has 0 radical (unpaired) electrons. The summed E-state index contributed by atoms with van der Waals surface area (Å²) in [5, 5.41) is 5.62. The van der Waals surface area contributed by atoms with E-state index in [1.54, 1.807) is 4.90 Å². The van der Waals surface area contributed by atoms with Gasteiger partial charge in [0.05, 0.1) is 17.8 Å².